The van der Waals surface area contributed by atoms with Crippen molar-refractivity contribution in [2.45, 2.75) is 19.0 Å². The quantitative estimate of drug-likeness (QED) is 0.504. The molecule has 0 aromatic rings. The Morgan fingerprint density at radius 3 is 2.45 bits per heavy atom. The van der Waals surface area contributed by atoms with Gasteiger partial charge >= 0.3 is 6.09 Å². The van der Waals surface area contributed by atoms with E-state index >= 15 is 0 Å². The zero-order valence-electron chi connectivity index (χ0n) is 6.37. The number of nitrogens with one attached hydrogen (secondary N) is 1. The fourth-order valence-corrected chi connectivity index (χ4v) is 1.15. The first kappa shape index (κ1) is 7.84. The molecular weight excluding hydrogens is 148 g/mol. The second kappa shape index (κ2) is 2.41. The van der Waals surface area contributed by atoms with Gasteiger partial charge in [0.05, 0.1) is 6.04 Å². The van der Waals surface area contributed by atoms with Crippen molar-refractivity contribution in [3.05, 3.63) is 0 Å². The van der Waals surface area contributed by atoms with Gasteiger partial charge in [-0.2, -0.15) is 0 Å². The van der Waals surface area contributed by atoms with Gasteiger partial charge in [0.25, 0.3) is 0 Å². The first-order valence-corrected chi connectivity index (χ1v) is 3.30. The maximum Gasteiger partial charge on any atom is 0.407 e. The third-order valence-electron chi connectivity index (χ3n) is 1.83. The van der Waals surface area contributed by atoms with Crippen molar-refractivity contribution in [2.75, 3.05) is 7.05 Å². The first-order valence-electron chi connectivity index (χ1n) is 3.30. The van der Waals surface area contributed by atoms with E-state index in [1.165, 1.54) is 7.05 Å². The fourth-order valence-electron chi connectivity index (χ4n) is 1.15. The fraction of sp³-hybridized carbons (Fsp3) is 0.667. The predicted octanol–water partition coefficient (Wildman–Crippen LogP) is -0.517. The van der Waals surface area contributed by atoms with Gasteiger partial charge in [-0.25, -0.2) is 4.79 Å². The lowest BCUT2D eigenvalue weighted by Gasteiger charge is -2.38. The van der Waals surface area contributed by atoms with Gasteiger partial charge in [-0.15, -0.1) is 0 Å². The standard InChI is InChI=1S/C6H10N2O3/c1-3-4(5(9)7-3)8(2)6(10)11/h3-4H,1-2H3,(H,7,9)(H,10,11)/t3-,4+/m0/s1. The molecule has 2 N–H and O–H groups in total. The van der Waals surface area contributed by atoms with Crippen LogP contribution in [0.25, 0.3) is 0 Å². The molecule has 62 valence electrons. The summed E-state index contributed by atoms with van der Waals surface area (Å²) in [5, 5.41) is 11.0. The number of amides is 2. The molecule has 1 rings (SSSR count). The van der Waals surface area contributed by atoms with Crippen LogP contribution in [0.15, 0.2) is 0 Å². The van der Waals surface area contributed by atoms with Crippen LogP contribution in [0.2, 0.25) is 0 Å². The monoisotopic (exact) mass is 158 g/mol. The summed E-state index contributed by atoms with van der Waals surface area (Å²) in [5.41, 5.74) is 0. The molecule has 0 aromatic carbocycles. The van der Waals surface area contributed by atoms with Crippen LogP contribution in [0.5, 0.6) is 0 Å². The number of hydrogen-bond donors (Lipinski definition) is 2. The third-order valence-corrected chi connectivity index (χ3v) is 1.83. The number of carboxylic acid groups (broad SMARTS) is 1. The molecule has 0 unspecified atom stereocenters. The van der Waals surface area contributed by atoms with Gasteiger partial charge in [-0.3, -0.25) is 9.69 Å². The summed E-state index contributed by atoms with van der Waals surface area (Å²) in [6, 6.07) is -0.573. The number of nitrogens with zero attached hydrogens (tertiary/aromatic N) is 1. The molecule has 5 heteroatoms. The van der Waals surface area contributed by atoms with Crippen LogP contribution < -0.4 is 5.32 Å². The van der Waals surface area contributed by atoms with Crippen LogP contribution >= 0.6 is 0 Å². The summed E-state index contributed by atoms with van der Waals surface area (Å²) in [7, 11) is 1.39. The number of carbonyl (C=O) groups is 2. The molecular formula is C6H10N2O3. The number of likely N-dealkylation sites (N-methyl/N-ethyl adjacent to an activating group) is 1. The van der Waals surface area contributed by atoms with Crippen LogP contribution in [0.3, 0.4) is 0 Å². The smallest absolute Gasteiger partial charge is 0.407 e. The minimum absolute atomic E-state index is 0.0661. The van der Waals surface area contributed by atoms with Crippen molar-refractivity contribution in [2.24, 2.45) is 0 Å². The lowest BCUT2D eigenvalue weighted by atomic mass is 10.0. The number of β-lactam (4-membered cyclic amide) rings is 1. The van der Waals surface area contributed by atoms with Crippen LogP contribution in [0, 0.1) is 0 Å². The molecule has 0 saturated carbocycles. The maximum atomic E-state index is 10.8. The molecule has 0 spiro atoms. The molecule has 2 atom stereocenters. The summed E-state index contributed by atoms with van der Waals surface area (Å²) < 4.78 is 0. The van der Waals surface area contributed by atoms with E-state index in [0.29, 0.717) is 0 Å². The summed E-state index contributed by atoms with van der Waals surface area (Å²) in [6.45, 7) is 1.77. The van der Waals surface area contributed by atoms with Gasteiger partial charge in [0.2, 0.25) is 5.91 Å². The molecule has 0 radical (unpaired) electrons. The van der Waals surface area contributed by atoms with E-state index in [0.717, 1.165) is 4.90 Å². The van der Waals surface area contributed by atoms with Crippen molar-refractivity contribution < 1.29 is 14.7 Å². The third kappa shape index (κ3) is 1.13. The average molecular weight is 158 g/mol. The number of hydrogen-bond acceptors (Lipinski definition) is 2. The molecule has 1 fully saturated rings. The second-order valence-electron chi connectivity index (χ2n) is 2.64. The van der Waals surface area contributed by atoms with Gasteiger partial charge in [0, 0.05) is 7.05 Å². The second-order valence-corrected chi connectivity index (χ2v) is 2.64. The highest BCUT2D eigenvalue weighted by Gasteiger charge is 2.40. The van der Waals surface area contributed by atoms with Gasteiger partial charge < -0.3 is 10.4 Å². The molecule has 1 saturated heterocycles. The first-order chi connectivity index (χ1) is 5.04. The Morgan fingerprint density at radius 2 is 2.27 bits per heavy atom. The van der Waals surface area contributed by atoms with Gasteiger partial charge in [-0.1, -0.05) is 0 Å². The molecule has 2 amide bonds. The highest BCUT2D eigenvalue weighted by Crippen LogP contribution is 2.11. The average Bonchev–Trinajstić information content (AvgIpc) is 1.86. The molecule has 11 heavy (non-hydrogen) atoms. The zero-order chi connectivity index (χ0) is 8.59. The zero-order valence-corrected chi connectivity index (χ0v) is 6.37. The SMILES string of the molecule is C[C@@H]1NC(=O)[C@@H]1N(C)C(=O)O. The highest BCUT2D eigenvalue weighted by atomic mass is 16.4. The van der Waals surface area contributed by atoms with Crippen LogP contribution in [0.1, 0.15) is 6.92 Å². The number of rotatable bonds is 1. The van der Waals surface area contributed by atoms with Crippen LogP contribution in [0.4, 0.5) is 4.79 Å². The van der Waals surface area contributed by atoms with E-state index in [1.807, 2.05) is 0 Å². The lowest BCUT2D eigenvalue weighted by Crippen LogP contribution is -2.67. The molecule has 0 aromatic heterocycles. The Balaban J connectivity index is 2.59. The minimum Gasteiger partial charge on any atom is -0.465 e. The Labute approximate surface area is 64.0 Å². The molecule has 1 aliphatic heterocycles. The highest BCUT2D eigenvalue weighted by molar-refractivity contribution is 5.91. The largest absolute Gasteiger partial charge is 0.465 e. The minimum atomic E-state index is -1.07. The lowest BCUT2D eigenvalue weighted by molar-refractivity contribution is -0.135. The van der Waals surface area contributed by atoms with E-state index in [1.54, 1.807) is 6.92 Å². The van der Waals surface area contributed by atoms with E-state index in [9.17, 15) is 9.59 Å². The van der Waals surface area contributed by atoms with E-state index < -0.39 is 12.1 Å². The molecule has 5 nitrogen and oxygen atoms in total. The van der Waals surface area contributed by atoms with E-state index in [-0.39, 0.29) is 11.9 Å². The molecule has 1 heterocycles. The normalized spacial score (nSPS) is 28.7. The topological polar surface area (TPSA) is 69.6 Å². The van der Waals surface area contributed by atoms with E-state index in [2.05, 4.69) is 5.32 Å². The number of carbonyl (C=O) groups excluding carboxylic acids is 1. The predicted molar refractivity (Wildman–Crippen MR) is 37.2 cm³/mol. The van der Waals surface area contributed by atoms with Crippen molar-refractivity contribution in [1.29, 1.82) is 0 Å². The van der Waals surface area contributed by atoms with Crippen molar-refractivity contribution in [3.63, 3.8) is 0 Å². The van der Waals surface area contributed by atoms with Crippen molar-refractivity contribution in [3.8, 4) is 0 Å². The Hall–Kier alpha value is -1.26. The van der Waals surface area contributed by atoms with Gasteiger partial charge in [0.1, 0.15) is 6.04 Å². The van der Waals surface area contributed by atoms with Crippen molar-refractivity contribution >= 4 is 12.0 Å². The molecule has 1 aliphatic rings. The maximum absolute atomic E-state index is 10.8. The summed E-state index contributed by atoms with van der Waals surface area (Å²) in [5.74, 6) is -0.220. The molecule has 0 aliphatic carbocycles. The van der Waals surface area contributed by atoms with Gasteiger partial charge in [-0.05, 0) is 6.92 Å². The van der Waals surface area contributed by atoms with E-state index in [4.69, 9.17) is 5.11 Å². The van der Waals surface area contributed by atoms with Crippen molar-refractivity contribution in [1.82, 2.24) is 10.2 Å². The van der Waals surface area contributed by atoms with Crippen LogP contribution in [-0.4, -0.2) is 41.1 Å². The van der Waals surface area contributed by atoms with Gasteiger partial charge in [0.15, 0.2) is 0 Å². The summed E-state index contributed by atoms with van der Waals surface area (Å²) in [6.07, 6.45) is -1.07. The van der Waals surface area contributed by atoms with Crippen LogP contribution in [-0.2, 0) is 4.79 Å². The molecule has 0 bridgehead atoms. The Kier molecular flexibility index (Phi) is 1.72. The summed E-state index contributed by atoms with van der Waals surface area (Å²) in [4.78, 5) is 22.2. The Morgan fingerprint density at radius 1 is 1.73 bits per heavy atom. The summed E-state index contributed by atoms with van der Waals surface area (Å²) >= 11 is 0. The Bertz CT molecular complexity index is 204.